The molecule has 1 aromatic heterocycles. The molecule has 0 fully saturated rings. The van der Waals surface area contributed by atoms with Gasteiger partial charge in [-0.15, -0.1) is 0 Å². The van der Waals surface area contributed by atoms with Crippen LogP contribution in [0, 0.1) is 0 Å². The van der Waals surface area contributed by atoms with Crippen LogP contribution in [0.5, 0.6) is 0 Å². The summed E-state index contributed by atoms with van der Waals surface area (Å²) in [6, 6.07) is 0. The van der Waals surface area contributed by atoms with Gasteiger partial charge in [-0.25, -0.2) is 4.79 Å². The molecular weight excluding hydrogens is 248 g/mol. The molecule has 7 nitrogen and oxygen atoms in total. The summed E-state index contributed by atoms with van der Waals surface area (Å²) in [6.07, 6.45) is 2.74. The van der Waals surface area contributed by atoms with Crippen LogP contribution in [0.25, 0.3) is 0 Å². The summed E-state index contributed by atoms with van der Waals surface area (Å²) in [5.41, 5.74) is 0.586. The molecule has 1 heterocycles. The summed E-state index contributed by atoms with van der Waals surface area (Å²) < 4.78 is 6.47. The number of aromatic nitrogens is 2. The Bertz CT molecular complexity index is 377. The Morgan fingerprint density at radius 3 is 2.89 bits per heavy atom. The van der Waals surface area contributed by atoms with Crippen molar-refractivity contribution in [2.45, 2.75) is 20.4 Å². The van der Waals surface area contributed by atoms with E-state index in [0.717, 1.165) is 26.2 Å². The van der Waals surface area contributed by atoms with Crippen molar-refractivity contribution >= 4 is 11.8 Å². The van der Waals surface area contributed by atoms with Gasteiger partial charge in [0.1, 0.15) is 6.61 Å². The summed E-state index contributed by atoms with van der Waals surface area (Å²) in [4.78, 5) is 13.5. The maximum Gasteiger partial charge on any atom is 0.411 e. The molecule has 2 N–H and O–H groups in total. The van der Waals surface area contributed by atoms with E-state index >= 15 is 0 Å². The highest BCUT2D eigenvalue weighted by Gasteiger charge is 2.05. The number of carbonyl (C=O) groups excluding carboxylic acids is 1. The highest BCUT2D eigenvalue weighted by atomic mass is 16.6. The number of hydrogen-bond donors (Lipinski definition) is 2. The molecule has 0 saturated carbocycles. The number of rotatable bonds is 8. The van der Waals surface area contributed by atoms with Crippen LogP contribution in [0.15, 0.2) is 12.4 Å². The van der Waals surface area contributed by atoms with Crippen LogP contribution >= 0.6 is 0 Å². The number of likely N-dealkylation sites (N-methyl/N-ethyl adjacent to an activating group) is 1. The molecule has 0 aliphatic heterocycles. The molecule has 108 valence electrons. The fourth-order valence-electron chi connectivity index (χ4n) is 1.63. The fourth-order valence-corrected chi connectivity index (χ4v) is 1.63. The molecule has 0 saturated heterocycles. The predicted octanol–water partition coefficient (Wildman–Crippen LogP) is 0.766. The summed E-state index contributed by atoms with van der Waals surface area (Å²) >= 11 is 0. The largest absolute Gasteiger partial charge is 0.447 e. The van der Waals surface area contributed by atoms with E-state index in [9.17, 15) is 4.79 Å². The van der Waals surface area contributed by atoms with Gasteiger partial charge < -0.3 is 14.7 Å². The average Bonchev–Trinajstić information content (AvgIpc) is 2.85. The Hall–Kier alpha value is -1.60. The first-order valence-electron chi connectivity index (χ1n) is 6.49. The zero-order chi connectivity index (χ0) is 14.1. The molecule has 0 aliphatic carbocycles. The molecule has 1 aromatic rings. The molecule has 0 aliphatic rings. The summed E-state index contributed by atoms with van der Waals surface area (Å²) in [5, 5.41) is 15.2. The minimum Gasteiger partial charge on any atom is -0.447 e. The molecule has 0 radical (unpaired) electrons. The van der Waals surface area contributed by atoms with Gasteiger partial charge in [-0.1, -0.05) is 13.8 Å². The standard InChI is InChI=1S/C12H22N4O3/c1-3-15(4-2)5-6-16-10-11(9-13-16)14-12(18)19-8-7-17/h9-10,17H,3-8H2,1-2H3,(H,14,18). The lowest BCUT2D eigenvalue weighted by molar-refractivity contribution is 0.131. The van der Waals surface area contributed by atoms with E-state index in [2.05, 4.69) is 29.2 Å². The zero-order valence-corrected chi connectivity index (χ0v) is 11.5. The monoisotopic (exact) mass is 270 g/mol. The smallest absolute Gasteiger partial charge is 0.411 e. The zero-order valence-electron chi connectivity index (χ0n) is 11.5. The normalized spacial score (nSPS) is 10.7. The van der Waals surface area contributed by atoms with E-state index < -0.39 is 6.09 Å². The number of aliphatic hydroxyl groups is 1. The third kappa shape index (κ3) is 5.71. The molecule has 1 rings (SSSR count). The summed E-state index contributed by atoms with van der Waals surface area (Å²) in [6.45, 7) is 7.76. The fraction of sp³-hybridized carbons (Fsp3) is 0.667. The van der Waals surface area contributed by atoms with E-state index in [1.165, 1.54) is 0 Å². The number of nitrogens with zero attached hydrogens (tertiary/aromatic N) is 3. The first-order valence-corrected chi connectivity index (χ1v) is 6.49. The van der Waals surface area contributed by atoms with Crippen molar-refractivity contribution in [3.63, 3.8) is 0 Å². The lowest BCUT2D eigenvalue weighted by atomic mass is 10.4. The number of amides is 1. The predicted molar refractivity (Wildman–Crippen MR) is 72.1 cm³/mol. The van der Waals surface area contributed by atoms with Crippen molar-refractivity contribution in [3.05, 3.63) is 12.4 Å². The van der Waals surface area contributed by atoms with Gasteiger partial charge in [-0.2, -0.15) is 5.10 Å². The van der Waals surface area contributed by atoms with Crippen molar-refractivity contribution in [1.82, 2.24) is 14.7 Å². The Balaban J connectivity index is 2.37. The number of carbonyl (C=O) groups is 1. The van der Waals surface area contributed by atoms with Crippen LogP contribution in [0.4, 0.5) is 10.5 Å². The van der Waals surface area contributed by atoms with Gasteiger partial charge in [0, 0.05) is 12.7 Å². The SMILES string of the molecule is CCN(CC)CCn1cc(NC(=O)OCCO)cn1. The van der Waals surface area contributed by atoms with E-state index in [0.29, 0.717) is 5.69 Å². The van der Waals surface area contributed by atoms with Gasteiger partial charge in [0.25, 0.3) is 0 Å². The molecule has 0 unspecified atom stereocenters. The maximum atomic E-state index is 11.2. The van der Waals surface area contributed by atoms with Gasteiger partial charge in [-0.3, -0.25) is 10.00 Å². The lowest BCUT2D eigenvalue weighted by Crippen LogP contribution is -2.27. The van der Waals surface area contributed by atoms with Crippen molar-refractivity contribution in [1.29, 1.82) is 0 Å². The van der Waals surface area contributed by atoms with Gasteiger partial charge in [-0.05, 0) is 13.1 Å². The molecule has 0 aromatic carbocycles. The Morgan fingerprint density at radius 2 is 2.26 bits per heavy atom. The molecule has 7 heteroatoms. The van der Waals surface area contributed by atoms with E-state index in [1.807, 2.05) is 0 Å². The highest BCUT2D eigenvalue weighted by molar-refractivity contribution is 5.84. The number of hydrogen-bond acceptors (Lipinski definition) is 5. The third-order valence-corrected chi connectivity index (χ3v) is 2.74. The molecule has 0 atom stereocenters. The second kappa shape index (κ2) is 8.49. The third-order valence-electron chi connectivity index (χ3n) is 2.74. The van der Waals surface area contributed by atoms with Crippen LogP contribution in [-0.4, -0.2) is 58.7 Å². The van der Waals surface area contributed by atoms with Crippen molar-refractivity contribution < 1.29 is 14.6 Å². The quantitative estimate of drug-likeness (QED) is 0.729. The van der Waals surface area contributed by atoms with E-state index in [-0.39, 0.29) is 13.2 Å². The topological polar surface area (TPSA) is 79.6 Å². The van der Waals surface area contributed by atoms with Crippen molar-refractivity contribution in [2.75, 3.05) is 38.2 Å². The van der Waals surface area contributed by atoms with Gasteiger partial charge in [0.15, 0.2) is 0 Å². The minimum atomic E-state index is -0.586. The second-order valence-corrected chi connectivity index (χ2v) is 4.00. The van der Waals surface area contributed by atoms with Crippen LogP contribution in [0.3, 0.4) is 0 Å². The summed E-state index contributed by atoms with van der Waals surface area (Å²) in [5.74, 6) is 0. The maximum absolute atomic E-state index is 11.2. The van der Waals surface area contributed by atoms with E-state index in [1.54, 1.807) is 17.1 Å². The first-order chi connectivity index (χ1) is 9.19. The molecule has 1 amide bonds. The number of ether oxygens (including phenoxy) is 1. The van der Waals surface area contributed by atoms with Crippen molar-refractivity contribution in [3.8, 4) is 0 Å². The van der Waals surface area contributed by atoms with Crippen LogP contribution < -0.4 is 5.32 Å². The number of anilines is 1. The van der Waals surface area contributed by atoms with Gasteiger partial charge in [0.2, 0.25) is 0 Å². The lowest BCUT2D eigenvalue weighted by Gasteiger charge is -2.17. The first kappa shape index (κ1) is 15.5. The summed E-state index contributed by atoms with van der Waals surface area (Å²) in [7, 11) is 0. The molecule has 19 heavy (non-hydrogen) atoms. The van der Waals surface area contributed by atoms with Crippen LogP contribution in [0.2, 0.25) is 0 Å². The Labute approximate surface area is 113 Å². The Morgan fingerprint density at radius 1 is 1.53 bits per heavy atom. The van der Waals surface area contributed by atoms with Crippen molar-refractivity contribution in [2.24, 2.45) is 0 Å². The molecule has 0 bridgehead atoms. The molecular formula is C12H22N4O3. The van der Waals surface area contributed by atoms with Gasteiger partial charge in [0.05, 0.1) is 25.0 Å². The number of aliphatic hydroxyl groups excluding tert-OH is 1. The molecule has 0 spiro atoms. The van der Waals surface area contributed by atoms with Crippen LogP contribution in [0.1, 0.15) is 13.8 Å². The Kier molecular flexibility index (Phi) is 6.91. The minimum absolute atomic E-state index is 0.0120. The number of nitrogens with one attached hydrogen (secondary N) is 1. The second-order valence-electron chi connectivity index (χ2n) is 4.00. The van der Waals surface area contributed by atoms with E-state index in [4.69, 9.17) is 9.84 Å². The average molecular weight is 270 g/mol. The highest BCUT2D eigenvalue weighted by Crippen LogP contribution is 2.05. The van der Waals surface area contributed by atoms with Crippen LogP contribution in [-0.2, 0) is 11.3 Å². The van der Waals surface area contributed by atoms with Gasteiger partial charge >= 0.3 is 6.09 Å².